The van der Waals surface area contributed by atoms with Crippen molar-refractivity contribution in [2.45, 2.75) is 125 Å². The second kappa shape index (κ2) is 9.02. The summed E-state index contributed by atoms with van der Waals surface area (Å²) < 4.78 is 0. The zero-order chi connectivity index (χ0) is 21.6. The molecule has 174 valence electrons. The van der Waals surface area contributed by atoms with Gasteiger partial charge in [-0.2, -0.15) is 0 Å². The molecular weight excluding hydrogens is 428 g/mol. The fourth-order valence-corrected chi connectivity index (χ4v) is 10.9. The highest BCUT2D eigenvalue weighted by molar-refractivity contribution is 9.09. The molecule has 0 bridgehead atoms. The van der Waals surface area contributed by atoms with Crippen molar-refractivity contribution in [3.8, 4) is 0 Å². The minimum Gasteiger partial charge on any atom is -0.0928 e. The maximum absolute atomic E-state index is 3.92. The number of halogens is 1. The molecule has 4 fully saturated rings. The molecule has 0 heterocycles. The van der Waals surface area contributed by atoms with Gasteiger partial charge in [-0.15, -0.1) is 0 Å². The lowest BCUT2D eigenvalue weighted by Gasteiger charge is -2.63. The monoisotopic (exact) mass is 478 g/mol. The van der Waals surface area contributed by atoms with Gasteiger partial charge in [0.2, 0.25) is 0 Å². The Morgan fingerprint density at radius 1 is 0.833 bits per heavy atom. The molecule has 0 unspecified atom stereocenters. The van der Waals surface area contributed by atoms with Crippen molar-refractivity contribution in [1.29, 1.82) is 0 Å². The van der Waals surface area contributed by atoms with Gasteiger partial charge in [0.05, 0.1) is 0 Å². The Balaban J connectivity index is 1.57. The van der Waals surface area contributed by atoms with Crippen LogP contribution in [0.15, 0.2) is 0 Å². The third-order valence-corrected chi connectivity index (χ3v) is 12.3. The van der Waals surface area contributed by atoms with E-state index in [1.54, 1.807) is 38.5 Å². The van der Waals surface area contributed by atoms with E-state index in [0.29, 0.717) is 16.2 Å². The van der Waals surface area contributed by atoms with Crippen molar-refractivity contribution in [2.24, 2.45) is 51.8 Å². The van der Waals surface area contributed by atoms with Crippen LogP contribution < -0.4 is 0 Å². The van der Waals surface area contributed by atoms with Crippen LogP contribution in [0.25, 0.3) is 0 Å². The first-order valence-electron chi connectivity index (χ1n) is 13.8. The van der Waals surface area contributed by atoms with Crippen molar-refractivity contribution < 1.29 is 0 Å². The normalized spacial score (nSPS) is 46.9. The van der Waals surface area contributed by atoms with Crippen molar-refractivity contribution >= 4 is 15.9 Å². The van der Waals surface area contributed by atoms with E-state index in [0.717, 1.165) is 35.5 Å². The highest BCUT2D eigenvalue weighted by Crippen LogP contribution is 2.73. The fraction of sp³-hybridized carbons (Fsp3) is 1.00. The zero-order valence-electron chi connectivity index (χ0n) is 20.9. The molecule has 1 heteroatoms. The quantitative estimate of drug-likeness (QED) is 0.319. The Morgan fingerprint density at radius 2 is 1.60 bits per heavy atom. The molecule has 0 amide bonds. The molecule has 0 aliphatic heterocycles. The number of hydrogen-bond acceptors (Lipinski definition) is 0. The molecule has 4 rings (SSSR count). The molecule has 0 aromatic heterocycles. The molecule has 4 aliphatic carbocycles. The van der Waals surface area contributed by atoms with Crippen LogP contribution >= 0.6 is 15.9 Å². The first-order chi connectivity index (χ1) is 14.3. The van der Waals surface area contributed by atoms with Gasteiger partial charge < -0.3 is 0 Å². The number of rotatable bonds is 7. The van der Waals surface area contributed by atoms with Crippen LogP contribution in [0, 0.1) is 51.8 Å². The predicted octanol–water partition coefficient (Wildman–Crippen LogP) is 9.65. The predicted molar refractivity (Wildman–Crippen MR) is 135 cm³/mol. The Labute approximate surface area is 197 Å². The molecule has 0 nitrogen and oxygen atoms in total. The molecule has 8 atom stereocenters. The van der Waals surface area contributed by atoms with E-state index in [1.807, 2.05) is 0 Å². The van der Waals surface area contributed by atoms with Gasteiger partial charge in [0.15, 0.2) is 0 Å². The van der Waals surface area contributed by atoms with Crippen molar-refractivity contribution in [2.75, 3.05) is 5.33 Å². The first kappa shape index (κ1) is 23.6. The number of fused-ring (bicyclic) bond motifs is 5. The topological polar surface area (TPSA) is 0 Å². The fourth-order valence-electron chi connectivity index (χ4n) is 10.2. The molecule has 0 aromatic carbocycles. The molecule has 0 spiro atoms. The Hall–Kier alpha value is 0.480. The van der Waals surface area contributed by atoms with Gasteiger partial charge in [-0.1, -0.05) is 82.7 Å². The summed E-state index contributed by atoms with van der Waals surface area (Å²) in [7, 11) is 0. The summed E-state index contributed by atoms with van der Waals surface area (Å²) in [6.45, 7) is 13.0. The molecular formula is C29H51Br. The highest BCUT2D eigenvalue weighted by Gasteiger charge is 2.65. The van der Waals surface area contributed by atoms with Crippen LogP contribution in [0.3, 0.4) is 0 Å². The number of alkyl halides is 1. The van der Waals surface area contributed by atoms with Crippen LogP contribution in [-0.2, 0) is 0 Å². The first-order valence-corrected chi connectivity index (χ1v) is 15.0. The summed E-state index contributed by atoms with van der Waals surface area (Å²) >= 11 is 3.92. The van der Waals surface area contributed by atoms with E-state index in [2.05, 4.69) is 50.5 Å². The molecule has 0 saturated heterocycles. The van der Waals surface area contributed by atoms with Crippen molar-refractivity contribution in [3.05, 3.63) is 0 Å². The standard InChI is InChI=1S/C29H51Br/c1-21(2)9-8-10-22(3)29(19-20-30)18-15-26-24-13-12-23-11-6-7-16-27(23,4)25(24)14-17-28(26,29)5/h21-26H,6-20H2,1-5H3/t22-,23-,24-,25+,26+,27+,28+,29-/m1/s1. The lowest BCUT2D eigenvalue weighted by molar-refractivity contribution is -0.136. The van der Waals surface area contributed by atoms with Gasteiger partial charge in [-0.25, -0.2) is 0 Å². The molecule has 0 N–H and O–H groups in total. The molecule has 0 radical (unpaired) electrons. The van der Waals surface area contributed by atoms with Gasteiger partial charge >= 0.3 is 0 Å². The Kier molecular flexibility index (Phi) is 7.11. The zero-order valence-corrected chi connectivity index (χ0v) is 22.5. The summed E-state index contributed by atoms with van der Waals surface area (Å²) in [5, 5.41) is 1.21. The maximum Gasteiger partial charge on any atom is 0.00368 e. The highest BCUT2D eigenvalue weighted by atomic mass is 79.9. The minimum absolute atomic E-state index is 0.591. The SMILES string of the molecule is CC(C)CCC[C@@H](C)[C@]1(CCBr)CC[C@H]2[C@@H]3CC[C@H]4CCCC[C@]4(C)[C@H]3CC[C@@]21C. The van der Waals surface area contributed by atoms with E-state index in [1.165, 1.54) is 56.7 Å². The van der Waals surface area contributed by atoms with Crippen LogP contribution in [0.1, 0.15) is 125 Å². The van der Waals surface area contributed by atoms with Gasteiger partial charge in [0, 0.05) is 5.33 Å². The summed E-state index contributed by atoms with van der Waals surface area (Å²) in [5.41, 5.74) is 1.87. The number of hydrogen-bond donors (Lipinski definition) is 0. The van der Waals surface area contributed by atoms with Crippen LogP contribution in [0.4, 0.5) is 0 Å². The van der Waals surface area contributed by atoms with E-state index < -0.39 is 0 Å². The van der Waals surface area contributed by atoms with E-state index in [9.17, 15) is 0 Å². The van der Waals surface area contributed by atoms with Crippen molar-refractivity contribution in [1.82, 2.24) is 0 Å². The molecule has 4 aliphatic rings. The average Bonchev–Trinajstić information content (AvgIpc) is 3.01. The summed E-state index contributed by atoms with van der Waals surface area (Å²) in [5.74, 6) is 5.91. The van der Waals surface area contributed by atoms with E-state index in [4.69, 9.17) is 0 Å². The van der Waals surface area contributed by atoms with Crippen molar-refractivity contribution in [3.63, 3.8) is 0 Å². The summed E-state index contributed by atoms with van der Waals surface area (Å²) in [6, 6.07) is 0. The lowest BCUT2D eigenvalue weighted by atomic mass is 9.42. The van der Waals surface area contributed by atoms with E-state index >= 15 is 0 Å². The Morgan fingerprint density at radius 3 is 2.33 bits per heavy atom. The molecule has 30 heavy (non-hydrogen) atoms. The smallest absolute Gasteiger partial charge is 0.00368 e. The van der Waals surface area contributed by atoms with Gasteiger partial charge in [0.25, 0.3) is 0 Å². The second-order valence-electron chi connectivity index (χ2n) is 13.2. The minimum atomic E-state index is 0.591. The van der Waals surface area contributed by atoms with Crippen LogP contribution in [0.5, 0.6) is 0 Å². The third kappa shape index (κ3) is 3.68. The lowest BCUT2D eigenvalue weighted by Crippen LogP contribution is -2.55. The summed E-state index contributed by atoms with van der Waals surface area (Å²) in [4.78, 5) is 0. The average molecular weight is 480 g/mol. The maximum atomic E-state index is 3.92. The third-order valence-electron chi connectivity index (χ3n) is 11.9. The van der Waals surface area contributed by atoms with Gasteiger partial charge in [-0.05, 0) is 110 Å². The Bertz CT molecular complexity index is 583. The molecule has 0 aromatic rings. The summed E-state index contributed by atoms with van der Waals surface area (Å²) in [6.07, 6.45) is 21.1. The largest absolute Gasteiger partial charge is 0.0928 e. The second-order valence-corrected chi connectivity index (χ2v) is 14.0. The van der Waals surface area contributed by atoms with Gasteiger partial charge in [-0.3, -0.25) is 0 Å². The molecule has 4 saturated carbocycles. The van der Waals surface area contributed by atoms with Crippen LogP contribution in [0.2, 0.25) is 0 Å². The van der Waals surface area contributed by atoms with Gasteiger partial charge in [0.1, 0.15) is 0 Å². The van der Waals surface area contributed by atoms with Crippen LogP contribution in [-0.4, -0.2) is 5.33 Å². The van der Waals surface area contributed by atoms with E-state index in [-0.39, 0.29) is 0 Å².